The van der Waals surface area contributed by atoms with Crippen molar-refractivity contribution in [1.29, 1.82) is 0 Å². The molecule has 0 bridgehead atoms. The first-order chi connectivity index (χ1) is 9.10. The lowest BCUT2D eigenvalue weighted by molar-refractivity contribution is -0.385. The van der Waals surface area contributed by atoms with Crippen molar-refractivity contribution < 1.29 is 9.66 Å². The minimum atomic E-state index is -0.524. The summed E-state index contributed by atoms with van der Waals surface area (Å²) in [4.78, 5) is 14.3. The number of hydrogen-bond acceptors (Lipinski definition) is 4. The van der Waals surface area contributed by atoms with Crippen LogP contribution >= 0.6 is 23.2 Å². The molecule has 5 nitrogen and oxygen atoms in total. The van der Waals surface area contributed by atoms with Crippen LogP contribution in [0.25, 0.3) is 0 Å². The van der Waals surface area contributed by atoms with Crippen molar-refractivity contribution in [1.82, 2.24) is 4.98 Å². The fraction of sp³-hybridized carbons (Fsp3) is 0.0833. The molecule has 1 aromatic heterocycles. The highest BCUT2D eigenvalue weighted by Crippen LogP contribution is 2.32. The normalized spacial score (nSPS) is 10.2. The molecule has 0 aliphatic rings. The third-order valence-electron chi connectivity index (χ3n) is 2.28. The van der Waals surface area contributed by atoms with Gasteiger partial charge in [-0.2, -0.15) is 0 Å². The van der Waals surface area contributed by atoms with E-state index in [1.807, 2.05) is 0 Å². The molecule has 0 saturated heterocycles. The van der Waals surface area contributed by atoms with Gasteiger partial charge in [0.15, 0.2) is 0 Å². The van der Waals surface area contributed by atoms with Crippen LogP contribution in [0.1, 0.15) is 5.56 Å². The zero-order valence-corrected chi connectivity index (χ0v) is 11.1. The topological polar surface area (TPSA) is 65.3 Å². The zero-order valence-electron chi connectivity index (χ0n) is 9.55. The van der Waals surface area contributed by atoms with Gasteiger partial charge in [0.25, 0.3) is 0 Å². The van der Waals surface area contributed by atoms with Gasteiger partial charge in [0.2, 0.25) is 5.75 Å². The molecular weight excluding hydrogens is 291 g/mol. The minimum absolute atomic E-state index is 0.114. The van der Waals surface area contributed by atoms with Gasteiger partial charge in [-0.25, -0.2) is 0 Å². The van der Waals surface area contributed by atoms with E-state index in [1.54, 1.807) is 6.07 Å². The Morgan fingerprint density at radius 1 is 1.32 bits per heavy atom. The first-order valence-electron chi connectivity index (χ1n) is 5.22. The second-order valence-electron chi connectivity index (χ2n) is 3.63. The Morgan fingerprint density at radius 3 is 2.74 bits per heavy atom. The second kappa shape index (κ2) is 5.86. The van der Waals surface area contributed by atoms with Gasteiger partial charge in [0, 0.05) is 24.2 Å². The SMILES string of the molecule is O=[N+]([O-])c1cc(CCl)ccc1Oc1cncc(Cl)c1. The quantitative estimate of drug-likeness (QED) is 0.482. The molecule has 0 spiro atoms. The predicted octanol–water partition coefficient (Wildman–Crippen LogP) is 4.17. The molecule has 0 unspecified atom stereocenters. The molecule has 7 heteroatoms. The van der Waals surface area contributed by atoms with E-state index in [9.17, 15) is 10.1 Å². The van der Waals surface area contributed by atoms with Gasteiger partial charge >= 0.3 is 5.69 Å². The number of nitro groups is 1. The molecule has 0 saturated carbocycles. The number of pyridine rings is 1. The van der Waals surface area contributed by atoms with Crippen LogP contribution in [0.2, 0.25) is 5.02 Å². The predicted molar refractivity (Wildman–Crippen MR) is 72.0 cm³/mol. The van der Waals surface area contributed by atoms with E-state index in [2.05, 4.69) is 4.98 Å². The molecule has 1 aromatic carbocycles. The van der Waals surface area contributed by atoms with Gasteiger partial charge < -0.3 is 4.74 Å². The summed E-state index contributed by atoms with van der Waals surface area (Å²) in [5, 5.41) is 11.4. The lowest BCUT2D eigenvalue weighted by atomic mass is 10.2. The number of nitrogens with zero attached hydrogens (tertiary/aromatic N) is 2. The van der Waals surface area contributed by atoms with Gasteiger partial charge in [-0.05, 0) is 11.6 Å². The van der Waals surface area contributed by atoms with Crippen LogP contribution in [0.4, 0.5) is 5.69 Å². The van der Waals surface area contributed by atoms with Gasteiger partial charge in [-0.15, -0.1) is 11.6 Å². The van der Waals surface area contributed by atoms with Gasteiger partial charge in [-0.3, -0.25) is 15.1 Å². The lowest BCUT2D eigenvalue weighted by Crippen LogP contribution is -1.95. The molecular formula is C12H8Cl2N2O3. The third kappa shape index (κ3) is 3.33. The molecule has 19 heavy (non-hydrogen) atoms. The molecule has 0 aliphatic carbocycles. The van der Waals surface area contributed by atoms with Crippen LogP contribution in [0.15, 0.2) is 36.7 Å². The van der Waals surface area contributed by atoms with Gasteiger partial charge in [-0.1, -0.05) is 17.7 Å². The van der Waals surface area contributed by atoms with E-state index in [4.69, 9.17) is 27.9 Å². The zero-order chi connectivity index (χ0) is 13.8. The van der Waals surface area contributed by atoms with Crippen molar-refractivity contribution in [2.75, 3.05) is 0 Å². The lowest BCUT2D eigenvalue weighted by Gasteiger charge is -2.07. The van der Waals surface area contributed by atoms with Gasteiger partial charge in [0.05, 0.1) is 16.1 Å². The first-order valence-corrected chi connectivity index (χ1v) is 6.13. The molecule has 0 aliphatic heterocycles. The summed E-state index contributed by atoms with van der Waals surface area (Å²) in [6.07, 6.45) is 2.87. The molecule has 2 rings (SSSR count). The maximum Gasteiger partial charge on any atom is 0.311 e. The number of alkyl halides is 1. The Balaban J connectivity index is 2.36. The largest absolute Gasteiger partial charge is 0.448 e. The summed E-state index contributed by atoms with van der Waals surface area (Å²) in [5.74, 6) is 0.636. The van der Waals surface area contributed by atoms with E-state index in [0.717, 1.165) is 0 Å². The van der Waals surface area contributed by atoms with E-state index >= 15 is 0 Å². The number of hydrogen-bond donors (Lipinski definition) is 0. The average Bonchev–Trinajstić information content (AvgIpc) is 2.39. The smallest absolute Gasteiger partial charge is 0.311 e. The summed E-state index contributed by atoms with van der Waals surface area (Å²) in [6, 6.07) is 6.05. The van der Waals surface area contributed by atoms with Crippen LogP contribution in [0, 0.1) is 10.1 Å². The monoisotopic (exact) mass is 298 g/mol. The molecule has 0 atom stereocenters. The van der Waals surface area contributed by atoms with Crippen LogP contribution in [0.3, 0.4) is 0 Å². The van der Waals surface area contributed by atoms with E-state index in [0.29, 0.717) is 16.3 Å². The molecule has 0 radical (unpaired) electrons. The summed E-state index contributed by atoms with van der Waals surface area (Å²) >= 11 is 11.4. The fourth-order valence-electron chi connectivity index (χ4n) is 1.45. The molecule has 0 fully saturated rings. The van der Waals surface area contributed by atoms with Crippen molar-refractivity contribution in [2.24, 2.45) is 0 Å². The van der Waals surface area contributed by atoms with Crippen LogP contribution in [-0.2, 0) is 5.88 Å². The minimum Gasteiger partial charge on any atom is -0.448 e. The molecule has 2 aromatic rings. The van der Waals surface area contributed by atoms with E-state index in [1.165, 1.54) is 30.6 Å². The van der Waals surface area contributed by atoms with Crippen LogP contribution in [-0.4, -0.2) is 9.91 Å². The van der Waals surface area contributed by atoms with Crippen molar-refractivity contribution in [3.8, 4) is 11.5 Å². The van der Waals surface area contributed by atoms with Crippen LogP contribution < -0.4 is 4.74 Å². The number of halogens is 2. The Morgan fingerprint density at radius 2 is 2.11 bits per heavy atom. The fourth-order valence-corrected chi connectivity index (χ4v) is 1.78. The standard InChI is InChI=1S/C12H8Cl2N2O3/c13-5-8-1-2-12(11(3-8)16(17)18)19-10-4-9(14)6-15-7-10/h1-4,6-7H,5H2. The van der Waals surface area contributed by atoms with E-state index in [-0.39, 0.29) is 17.3 Å². The highest BCUT2D eigenvalue weighted by Gasteiger charge is 2.16. The molecule has 1 heterocycles. The highest BCUT2D eigenvalue weighted by atomic mass is 35.5. The van der Waals surface area contributed by atoms with Crippen molar-refractivity contribution in [3.63, 3.8) is 0 Å². The van der Waals surface area contributed by atoms with Crippen molar-refractivity contribution >= 4 is 28.9 Å². The maximum atomic E-state index is 11.0. The number of ether oxygens (including phenoxy) is 1. The van der Waals surface area contributed by atoms with Crippen molar-refractivity contribution in [3.05, 3.63) is 57.4 Å². The third-order valence-corrected chi connectivity index (χ3v) is 2.80. The maximum absolute atomic E-state index is 11.0. The second-order valence-corrected chi connectivity index (χ2v) is 4.34. The summed E-state index contributed by atoms with van der Waals surface area (Å²) in [7, 11) is 0. The Labute approximate surface area is 118 Å². The van der Waals surface area contributed by atoms with E-state index < -0.39 is 4.92 Å². The average molecular weight is 299 g/mol. The first kappa shape index (κ1) is 13.6. The Hall–Kier alpha value is -1.85. The molecule has 98 valence electrons. The molecule has 0 amide bonds. The summed E-state index contributed by atoms with van der Waals surface area (Å²) in [6.45, 7) is 0. The number of aromatic nitrogens is 1. The number of rotatable bonds is 4. The van der Waals surface area contributed by atoms with Crippen molar-refractivity contribution in [2.45, 2.75) is 5.88 Å². The summed E-state index contributed by atoms with van der Waals surface area (Å²) in [5.41, 5.74) is 0.489. The van der Waals surface area contributed by atoms with Crippen LogP contribution in [0.5, 0.6) is 11.5 Å². The summed E-state index contributed by atoms with van der Waals surface area (Å²) < 4.78 is 5.42. The molecule has 0 N–H and O–H groups in total. The Bertz CT molecular complexity index is 620. The highest BCUT2D eigenvalue weighted by molar-refractivity contribution is 6.30. The Kier molecular flexibility index (Phi) is 4.19. The number of benzene rings is 1. The number of nitro benzene ring substituents is 1. The van der Waals surface area contributed by atoms with Gasteiger partial charge in [0.1, 0.15) is 5.75 Å².